The second kappa shape index (κ2) is 4.46. The average molecular weight is 218 g/mol. The van der Waals surface area contributed by atoms with Crippen molar-refractivity contribution in [2.24, 2.45) is 0 Å². The molecule has 0 aliphatic rings. The summed E-state index contributed by atoms with van der Waals surface area (Å²) in [5.74, 6) is 0.629. The van der Waals surface area contributed by atoms with Crippen LogP contribution >= 0.6 is 0 Å². The number of anilines is 1. The van der Waals surface area contributed by atoms with Crippen LogP contribution in [0.25, 0.3) is 0 Å². The smallest absolute Gasteiger partial charge is 0.497 e. The summed E-state index contributed by atoms with van der Waals surface area (Å²) < 4.78 is 41.3. The molecule has 0 radical (unpaired) electrons. The highest BCUT2D eigenvalue weighted by Crippen LogP contribution is 2.20. The first-order valence-corrected chi connectivity index (χ1v) is 4.48. The molecule has 1 rings (SSSR count). The molecule has 0 aliphatic carbocycles. The largest absolute Gasteiger partial charge is 0.497 e. The maximum absolute atomic E-state index is 12.1. The van der Waals surface area contributed by atoms with Gasteiger partial charge in [-0.25, -0.2) is 0 Å². The van der Waals surface area contributed by atoms with Crippen molar-refractivity contribution >= 4 is 12.7 Å². The van der Waals surface area contributed by atoms with Gasteiger partial charge in [-0.15, -0.1) is 0 Å². The van der Waals surface area contributed by atoms with E-state index >= 15 is 0 Å². The highest BCUT2D eigenvalue weighted by Gasteiger charge is 2.25. The number of benzene rings is 1. The molecule has 1 aromatic rings. The first-order valence-electron chi connectivity index (χ1n) is 4.48. The number of ether oxygens (including phenoxy) is 1. The molecule has 2 nitrogen and oxygen atoms in total. The summed E-state index contributed by atoms with van der Waals surface area (Å²) in [4.78, 5) is 1.17. The summed E-state index contributed by atoms with van der Waals surface area (Å²) in [6.45, 7) is -4.79. The van der Waals surface area contributed by atoms with Crippen LogP contribution in [0.2, 0.25) is 0 Å². The van der Waals surface area contributed by atoms with E-state index in [1.54, 1.807) is 24.3 Å². The van der Waals surface area contributed by atoms with Crippen LogP contribution in [0.5, 0.6) is 5.75 Å². The SMILES string of the molecule is COc1ccc(N(C)C[B-](F)(F)F)cc1. The van der Waals surface area contributed by atoms with Crippen molar-refractivity contribution in [1.82, 2.24) is 0 Å². The van der Waals surface area contributed by atoms with E-state index < -0.39 is 13.4 Å². The lowest BCUT2D eigenvalue weighted by atomic mass is 9.91. The second-order valence-corrected chi connectivity index (χ2v) is 3.29. The Morgan fingerprint density at radius 3 is 2.13 bits per heavy atom. The number of nitrogens with zero attached hydrogens (tertiary/aromatic N) is 1. The van der Waals surface area contributed by atoms with E-state index in [0.717, 1.165) is 0 Å². The fourth-order valence-corrected chi connectivity index (χ4v) is 1.25. The van der Waals surface area contributed by atoms with Crippen molar-refractivity contribution in [2.75, 3.05) is 25.5 Å². The number of methoxy groups -OCH3 is 1. The van der Waals surface area contributed by atoms with Gasteiger partial charge in [-0.3, -0.25) is 0 Å². The van der Waals surface area contributed by atoms with Gasteiger partial charge in [0.2, 0.25) is 0 Å². The summed E-state index contributed by atoms with van der Waals surface area (Å²) in [5, 5.41) is 0. The van der Waals surface area contributed by atoms with Gasteiger partial charge in [-0.05, 0) is 30.7 Å². The van der Waals surface area contributed by atoms with Crippen LogP contribution in [0.15, 0.2) is 24.3 Å². The topological polar surface area (TPSA) is 12.5 Å². The molecular weight excluding hydrogens is 206 g/mol. The van der Waals surface area contributed by atoms with Gasteiger partial charge < -0.3 is 22.6 Å². The van der Waals surface area contributed by atoms with Gasteiger partial charge in [0.05, 0.1) is 7.11 Å². The van der Waals surface area contributed by atoms with E-state index in [1.165, 1.54) is 19.1 Å². The predicted octanol–water partition coefficient (Wildman–Crippen LogP) is 2.52. The Bertz CT molecular complexity index is 312. The van der Waals surface area contributed by atoms with Crippen LogP contribution in [0.3, 0.4) is 0 Å². The van der Waals surface area contributed by atoms with Gasteiger partial charge in [0.15, 0.2) is 0 Å². The fraction of sp³-hybridized carbons (Fsp3) is 0.333. The van der Waals surface area contributed by atoms with Crippen LogP contribution < -0.4 is 9.64 Å². The maximum atomic E-state index is 12.1. The molecule has 1 aromatic carbocycles. The molecule has 15 heavy (non-hydrogen) atoms. The normalized spacial score (nSPS) is 11.3. The van der Waals surface area contributed by atoms with E-state index in [4.69, 9.17) is 4.74 Å². The third kappa shape index (κ3) is 3.73. The molecular formula is C9H12BF3NO-. The summed E-state index contributed by atoms with van der Waals surface area (Å²) >= 11 is 0. The van der Waals surface area contributed by atoms with Gasteiger partial charge in [0, 0.05) is 12.7 Å². The Morgan fingerprint density at radius 2 is 1.73 bits per heavy atom. The van der Waals surface area contributed by atoms with E-state index in [2.05, 4.69) is 0 Å². The minimum absolute atomic E-state index is 0.523. The zero-order valence-electron chi connectivity index (χ0n) is 8.58. The van der Waals surface area contributed by atoms with Gasteiger partial charge in [-0.1, -0.05) is 0 Å². The first-order chi connectivity index (χ1) is 6.92. The van der Waals surface area contributed by atoms with Crippen molar-refractivity contribution in [3.05, 3.63) is 24.3 Å². The second-order valence-electron chi connectivity index (χ2n) is 3.29. The fourth-order valence-electron chi connectivity index (χ4n) is 1.25. The van der Waals surface area contributed by atoms with Gasteiger partial charge in [0.1, 0.15) is 5.75 Å². The Morgan fingerprint density at radius 1 is 1.20 bits per heavy atom. The molecule has 0 aliphatic heterocycles. The van der Waals surface area contributed by atoms with Crippen molar-refractivity contribution in [1.29, 1.82) is 0 Å². The Balaban J connectivity index is 2.70. The lowest BCUT2D eigenvalue weighted by molar-refractivity contribution is 0.415. The van der Waals surface area contributed by atoms with Crippen molar-refractivity contribution in [3.8, 4) is 5.75 Å². The minimum Gasteiger partial charge on any atom is -0.497 e. The van der Waals surface area contributed by atoms with Crippen LogP contribution in [0.4, 0.5) is 18.6 Å². The van der Waals surface area contributed by atoms with Gasteiger partial charge in [0.25, 0.3) is 0 Å². The van der Waals surface area contributed by atoms with E-state index in [-0.39, 0.29) is 0 Å². The van der Waals surface area contributed by atoms with Crippen molar-refractivity contribution in [3.63, 3.8) is 0 Å². The summed E-state index contributed by atoms with van der Waals surface area (Å²) in [6, 6.07) is 6.46. The van der Waals surface area contributed by atoms with Crippen LogP contribution in [-0.4, -0.2) is 27.6 Å². The average Bonchev–Trinajstić information content (AvgIpc) is 2.15. The Kier molecular flexibility index (Phi) is 3.50. The zero-order chi connectivity index (χ0) is 11.5. The zero-order valence-corrected chi connectivity index (χ0v) is 8.58. The van der Waals surface area contributed by atoms with Gasteiger partial charge in [-0.2, -0.15) is 0 Å². The quantitative estimate of drug-likeness (QED) is 0.720. The molecule has 84 valence electrons. The van der Waals surface area contributed by atoms with E-state index in [1.807, 2.05) is 0 Å². The molecule has 0 atom stereocenters. The molecule has 0 amide bonds. The Labute approximate surface area is 86.7 Å². The first kappa shape index (κ1) is 11.7. The third-order valence-electron chi connectivity index (χ3n) is 1.99. The molecule has 0 spiro atoms. The molecule has 0 N–H and O–H groups in total. The highest BCUT2D eigenvalue weighted by atomic mass is 19.4. The Hall–Kier alpha value is -1.33. The van der Waals surface area contributed by atoms with Crippen molar-refractivity contribution in [2.45, 2.75) is 0 Å². The molecule has 0 unspecified atom stereocenters. The monoisotopic (exact) mass is 218 g/mol. The van der Waals surface area contributed by atoms with Crippen LogP contribution in [0.1, 0.15) is 0 Å². The number of hydrogen-bond acceptors (Lipinski definition) is 2. The third-order valence-corrected chi connectivity index (χ3v) is 1.99. The van der Waals surface area contributed by atoms with Crippen LogP contribution in [-0.2, 0) is 0 Å². The minimum atomic E-state index is -4.79. The summed E-state index contributed by atoms with van der Waals surface area (Å²) in [5.41, 5.74) is 0.523. The lowest BCUT2D eigenvalue weighted by Crippen LogP contribution is -2.35. The van der Waals surface area contributed by atoms with Gasteiger partial charge >= 0.3 is 6.98 Å². The molecule has 0 saturated heterocycles. The molecule has 0 aromatic heterocycles. The maximum Gasteiger partial charge on any atom is 0.497 e. The lowest BCUT2D eigenvalue weighted by Gasteiger charge is -2.25. The molecule has 0 saturated carbocycles. The van der Waals surface area contributed by atoms with Crippen molar-refractivity contribution < 1.29 is 17.7 Å². The number of hydrogen-bond donors (Lipinski definition) is 0. The summed E-state index contributed by atoms with van der Waals surface area (Å²) in [7, 11) is 2.93. The standard InChI is InChI=1S/C9H12BF3NO/c1-14(7-10(11,12)13)8-3-5-9(15-2)6-4-8/h3-6H,7H2,1-2H3/q-1. The van der Waals surface area contributed by atoms with E-state index in [0.29, 0.717) is 11.4 Å². The predicted molar refractivity (Wildman–Crippen MR) is 55.3 cm³/mol. The molecule has 0 fully saturated rings. The van der Waals surface area contributed by atoms with Crippen LogP contribution in [0, 0.1) is 0 Å². The number of halogens is 3. The molecule has 6 heteroatoms. The molecule has 0 bridgehead atoms. The van der Waals surface area contributed by atoms with E-state index in [9.17, 15) is 12.9 Å². The highest BCUT2D eigenvalue weighted by molar-refractivity contribution is 6.59. The number of rotatable bonds is 4. The molecule has 0 heterocycles. The summed E-state index contributed by atoms with van der Waals surface area (Å²) in [6.07, 6.45) is -0.896.